The first-order chi connectivity index (χ1) is 69.0. The molecule has 0 aliphatic heterocycles. The van der Waals surface area contributed by atoms with Crippen molar-refractivity contribution >= 4 is 131 Å². The Balaban J connectivity index is 0.000000139. The summed E-state index contributed by atoms with van der Waals surface area (Å²) >= 11 is 0. The van der Waals surface area contributed by atoms with Gasteiger partial charge >= 0.3 is 0 Å². The molecule has 0 amide bonds. The Morgan fingerprint density at radius 3 is 0.986 bits per heavy atom. The summed E-state index contributed by atoms with van der Waals surface area (Å²) in [5, 5.41) is 42.3. The summed E-state index contributed by atoms with van der Waals surface area (Å²) in [6, 6.07) is 105. The second kappa shape index (κ2) is 38.2. The molecule has 18 heteroatoms. The largest absolute Gasteiger partial charge is 0.656 e. The summed E-state index contributed by atoms with van der Waals surface area (Å²) in [6.45, 7) is 44.9. The summed E-state index contributed by atoms with van der Waals surface area (Å²) in [5.74, 6) is 3.04. The third-order valence-corrected chi connectivity index (χ3v) is 29.1. The van der Waals surface area contributed by atoms with Crippen molar-refractivity contribution in [3.63, 3.8) is 0 Å². The molecular formula is C130H119N12O3Pt3-3. The van der Waals surface area contributed by atoms with E-state index in [9.17, 15) is 15.3 Å². The number of imidazole rings is 3. The molecule has 3 N–H and O–H groups in total. The molecule has 0 spiro atoms. The molecule has 0 aliphatic carbocycles. The van der Waals surface area contributed by atoms with Crippen LogP contribution in [0, 0.1) is 13.8 Å². The second-order valence-corrected chi connectivity index (χ2v) is 45.7. The molecule has 9 heterocycles. The number of benzene rings is 15. The molecule has 24 rings (SSSR count). The molecule has 148 heavy (non-hydrogen) atoms. The molecular weight excluding hydrogens is 2360 g/mol. The first-order valence-electron chi connectivity index (χ1n) is 50.2. The van der Waals surface area contributed by atoms with Crippen molar-refractivity contribution in [1.82, 2.24) is 58.6 Å². The average Bonchev–Trinajstić information content (AvgIpc) is 1.57. The van der Waals surface area contributed by atoms with Crippen molar-refractivity contribution in [2.75, 3.05) is 0 Å². The van der Waals surface area contributed by atoms with Gasteiger partial charge in [-0.05, 0) is 219 Å². The Hall–Kier alpha value is -14.2. The fraction of sp³-hybridized carbons (Fsp3) is 0.215. The van der Waals surface area contributed by atoms with E-state index in [1.807, 2.05) is 78.9 Å². The normalized spacial score (nSPS) is 12.3. The van der Waals surface area contributed by atoms with Gasteiger partial charge in [0.15, 0.2) is 0 Å². The van der Waals surface area contributed by atoms with Crippen LogP contribution in [0.3, 0.4) is 0 Å². The van der Waals surface area contributed by atoms with E-state index in [2.05, 4.69) is 373 Å². The number of nitrogens with zero attached hydrogens (tertiary/aromatic N) is 12. The standard InChI is InChI=1S/C50H45N4O.C43H39N4O.C37H35N4O.3Pt/c1-29-22-30(2)24-31(23-29)37-28-42(52-47-35(37)16-13-19-44(47)55)36-17-12-18-43-46(36)53-48(54(43)34-14-10-9-11-15-34)40-27-33(50(6,7)8)26-39-38-25-32(49(3,4)5)20-21-41(38)51-45(39)40;1-42(2,3)26-19-20-34-31(21-26)32-22-27(43(4,5)6)23-33(38(32)44-34)41-46-39-29(16-11-17-36(39)47(41)7)35-24-30(25-13-9-8-10-14-25)28-15-12-18-37(48)40(28)45-35;1-36(2,3)22-15-17-29-25(18-22)26-19-23(37(4,5)6)20-27(33(26)39-29)35-40-34-24(11-9-12-30(34)41(35)7)28-16-14-21-10-8-13-31(42)32(21)38-28;;;/h9-28H,1-8H3,(H-,51,52,53,55);8-24H,1-7H3,(H-,44,45,46,48);8-20H,1-7H3,(H-,38,39,40,42);;;/q3*-1;;;. The monoisotopic (exact) mass is 2480 g/mol. The number of aromatic nitrogens is 12. The van der Waals surface area contributed by atoms with Crippen LogP contribution in [0.15, 0.2) is 303 Å². The minimum atomic E-state index is -0.121. The zero-order valence-electron chi connectivity index (χ0n) is 87.5. The van der Waals surface area contributed by atoms with Gasteiger partial charge in [0.1, 0.15) is 51.3 Å². The van der Waals surface area contributed by atoms with Crippen molar-refractivity contribution < 1.29 is 78.5 Å². The van der Waals surface area contributed by atoms with E-state index in [0.29, 0.717) is 16.6 Å². The van der Waals surface area contributed by atoms with Gasteiger partial charge in [0.2, 0.25) is 0 Å². The van der Waals surface area contributed by atoms with Gasteiger partial charge in [-0.25, -0.2) is 29.9 Å². The molecule has 0 fully saturated rings. The zero-order chi connectivity index (χ0) is 101. The van der Waals surface area contributed by atoms with Crippen LogP contribution in [0.2, 0.25) is 0 Å². The molecule has 0 bridgehead atoms. The molecule has 0 saturated carbocycles. The van der Waals surface area contributed by atoms with Crippen molar-refractivity contribution in [2.24, 2.45) is 14.1 Å². The fourth-order valence-corrected chi connectivity index (χ4v) is 20.9. The summed E-state index contributed by atoms with van der Waals surface area (Å²) in [7, 11) is 4.16. The number of pyridine rings is 3. The van der Waals surface area contributed by atoms with E-state index in [1.54, 1.807) is 18.2 Å². The number of rotatable bonds is 9. The Labute approximate surface area is 906 Å². The number of hydrogen-bond acceptors (Lipinski definition) is 9. The maximum Gasteiger partial charge on any atom is 0.144 e. The van der Waals surface area contributed by atoms with E-state index >= 15 is 0 Å². The Morgan fingerprint density at radius 2 is 0.574 bits per heavy atom. The topological polar surface area (TPSA) is 195 Å². The number of phenolic OH excluding ortho intramolecular Hbond substituents is 3. The van der Waals surface area contributed by atoms with Gasteiger partial charge in [-0.1, -0.05) is 354 Å². The van der Waals surface area contributed by atoms with Crippen LogP contribution in [0.25, 0.3) is 227 Å². The third-order valence-electron chi connectivity index (χ3n) is 29.1. The van der Waals surface area contributed by atoms with Crippen LogP contribution in [-0.4, -0.2) is 58.9 Å². The Morgan fingerprint density at radius 1 is 0.236 bits per heavy atom. The molecule has 0 aliphatic rings. The van der Waals surface area contributed by atoms with Crippen molar-refractivity contribution in [3.05, 3.63) is 348 Å². The van der Waals surface area contributed by atoms with E-state index < -0.39 is 0 Å². The number of hydrogen-bond donors (Lipinski definition) is 3. The molecule has 15 nitrogen and oxygen atoms in total. The first kappa shape index (κ1) is 102. The zero-order valence-corrected chi connectivity index (χ0v) is 94.3. The average molecular weight is 2480 g/mol. The number of phenols is 3. The molecule has 24 aromatic rings. The van der Waals surface area contributed by atoms with Gasteiger partial charge in [-0.15, -0.1) is 33.1 Å². The Bertz CT molecular complexity index is 9400. The number of aryl methyl sites for hydroxylation is 4. The molecule has 0 saturated heterocycles. The summed E-state index contributed by atoms with van der Waals surface area (Å²) < 4.78 is 6.61. The van der Waals surface area contributed by atoms with Gasteiger partial charge in [0, 0.05) is 133 Å². The summed E-state index contributed by atoms with van der Waals surface area (Å²) in [5.41, 5.74) is 36.2. The van der Waals surface area contributed by atoms with E-state index in [-0.39, 0.29) is 113 Å². The minimum absolute atomic E-state index is 0. The minimum Gasteiger partial charge on any atom is -0.656 e. The van der Waals surface area contributed by atoms with Crippen LogP contribution in [0.4, 0.5) is 0 Å². The van der Waals surface area contributed by atoms with Crippen molar-refractivity contribution in [3.8, 4) is 113 Å². The third kappa shape index (κ3) is 18.4. The quantitative estimate of drug-likeness (QED) is 0.124. The maximum absolute atomic E-state index is 11.2. The molecule has 0 unspecified atom stereocenters. The van der Waals surface area contributed by atoms with Crippen LogP contribution >= 0.6 is 0 Å². The number of fused-ring (bicyclic) bond motifs is 15. The molecule has 0 radical (unpaired) electrons. The van der Waals surface area contributed by atoms with Crippen LogP contribution in [-0.2, 0) is 110 Å². The molecule has 15 aromatic carbocycles. The van der Waals surface area contributed by atoms with Gasteiger partial charge in [-0.2, -0.15) is 0 Å². The summed E-state index contributed by atoms with van der Waals surface area (Å²) in [6.07, 6.45) is 0. The fourth-order valence-electron chi connectivity index (χ4n) is 20.9. The van der Waals surface area contributed by atoms with Gasteiger partial charge in [0.25, 0.3) is 0 Å². The molecule has 0 atom stereocenters. The number of aromatic hydroxyl groups is 3. The maximum atomic E-state index is 11.2. The van der Waals surface area contributed by atoms with Gasteiger partial charge in [0.05, 0.1) is 50.2 Å². The Kier molecular flexibility index (Phi) is 26.4. The smallest absolute Gasteiger partial charge is 0.144 e. The summed E-state index contributed by atoms with van der Waals surface area (Å²) in [4.78, 5) is 47.0. The van der Waals surface area contributed by atoms with E-state index in [4.69, 9.17) is 44.9 Å². The first-order valence-corrected chi connectivity index (χ1v) is 50.2. The predicted molar refractivity (Wildman–Crippen MR) is 604 cm³/mol. The van der Waals surface area contributed by atoms with Crippen molar-refractivity contribution in [2.45, 2.75) is 171 Å². The van der Waals surface area contributed by atoms with E-state index in [0.717, 1.165) is 200 Å². The van der Waals surface area contributed by atoms with Crippen LogP contribution in [0.5, 0.6) is 17.2 Å². The molecule has 9 aromatic heterocycles. The molecule has 750 valence electrons. The number of para-hydroxylation sites is 7. The SMILES string of the molecule is Cc1cc(C)cc(-c2cc(-c3cccc4c3nc(-c3cc(C(C)(C)C)cc5c3[n-]c3ccc(C(C)(C)C)cc35)n4-c3ccccc3)nc3c(O)cccc23)c1.Cn1c(-c2cc(C(C)(C)C)cc3c2[n-]c2ccc(C(C)(C)C)cc23)nc2c(-c3cc(-c4ccccc4)c4cccc(O)c4n3)cccc21.Cn1c(-c2cc(C(C)(C)C)cc3c2[n-]c2ccc(C(C)(C)C)cc23)nc2c(-c3ccc4cccc(O)c4n3)cccc21.[Pt].[Pt].[Pt]. The van der Waals surface area contributed by atoms with Crippen molar-refractivity contribution in [1.29, 1.82) is 0 Å². The van der Waals surface area contributed by atoms with Crippen LogP contribution < -0.4 is 15.0 Å². The van der Waals surface area contributed by atoms with Gasteiger partial charge in [-0.3, -0.25) is 4.57 Å². The van der Waals surface area contributed by atoms with E-state index in [1.165, 1.54) is 55.3 Å². The predicted octanol–water partition coefficient (Wildman–Crippen LogP) is 32.5. The van der Waals surface area contributed by atoms with Crippen LogP contribution in [0.1, 0.15) is 169 Å². The van der Waals surface area contributed by atoms with Gasteiger partial charge < -0.3 is 39.4 Å². The second-order valence-electron chi connectivity index (χ2n) is 45.7.